The number of carbonyl (C=O) groups is 3. The molecule has 0 spiro atoms. The van der Waals surface area contributed by atoms with Gasteiger partial charge in [0, 0.05) is 24.6 Å². The van der Waals surface area contributed by atoms with E-state index < -0.39 is 23.4 Å². The van der Waals surface area contributed by atoms with Crippen molar-refractivity contribution in [2.45, 2.75) is 46.6 Å². The highest BCUT2D eigenvalue weighted by atomic mass is 19.1. The Bertz CT molecular complexity index is 1340. The molecule has 0 N–H and O–H groups in total. The molecule has 2 atom stereocenters. The number of ether oxygens (including phenoxy) is 2. The fourth-order valence-corrected chi connectivity index (χ4v) is 4.95. The topological polar surface area (TPSA) is 72.9 Å². The summed E-state index contributed by atoms with van der Waals surface area (Å²) in [5.41, 5.74) is 2.23. The van der Waals surface area contributed by atoms with Crippen molar-refractivity contribution in [3.63, 3.8) is 0 Å². The second-order valence-electron chi connectivity index (χ2n) is 10.8. The summed E-state index contributed by atoms with van der Waals surface area (Å²) in [4.78, 5) is 40.1. The second kappa shape index (κ2) is 11.4. The van der Waals surface area contributed by atoms with Crippen molar-refractivity contribution in [2.24, 2.45) is 11.8 Å². The maximum Gasteiger partial charge on any atom is 0.415 e. The van der Waals surface area contributed by atoms with Crippen LogP contribution >= 0.6 is 0 Å². The number of Topliss-reactive ketones (excluding diaryl/α,β-unsaturated/α-hetero) is 2. The van der Waals surface area contributed by atoms with Crippen LogP contribution in [0.1, 0.15) is 47.8 Å². The number of ketones is 2. The molecule has 1 amide bonds. The van der Waals surface area contributed by atoms with Gasteiger partial charge in [0.2, 0.25) is 0 Å². The lowest BCUT2D eigenvalue weighted by Gasteiger charge is -2.26. The van der Waals surface area contributed by atoms with Gasteiger partial charge in [0.1, 0.15) is 17.3 Å². The van der Waals surface area contributed by atoms with Gasteiger partial charge in [-0.25, -0.2) is 9.18 Å². The molecule has 0 aliphatic carbocycles. The molecule has 0 aromatic heterocycles. The number of hydrogen-bond acceptors (Lipinski definition) is 5. The normalized spacial score (nSPS) is 17.1. The van der Waals surface area contributed by atoms with Gasteiger partial charge in [0.15, 0.2) is 17.2 Å². The predicted octanol–water partition coefficient (Wildman–Crippen LogP) is 6.36. The number of amides is 1. The summed E-state index contributed by atoms with van der Waals surface area (Å²) in [6, 6.07) is 18.3. The van der Waals surface area contributed by atoms with Crippen molar-refractivity contribution in [3.05, 3.63) is 94.8 Å². The van der Waals surface area contributed by atoms with E-state index >= 15 is 0 Å². The SMILES string of the molecule is CC(=O)C(C)(C)Oc1c(C)cc(C[C@@H]2CN(C(=O)Oc3ccccc3)C[C@H]2C(=O)c2ccc(F)cc2)cc1C. The zero-order valence-electron chi connectivity index (χ0n) is 23.0. The Morgan fingerprint density at radius 2 is 1.56 bits per heavy atom. The Hall–Kier alpha value is -4.00. The lowest BCUT2D eigenvalue weighted by Crippen LogP contribution is -2.36. The average Bonchev–Trinajstić information content (AvgIpc) is 3.30. The third-order valence-electron chi connectivity index (χ3n) is 7.34. The van der Waals surface area contributed by atoms with Crippen molar-refractivity contribution >= 4 is 17.7 Å². The molecular formula is C32H34FNO5. The maximum absolute atomic E-state index is 13.5. The zero-order valence-corrected chi connectivity index (χ0v) is 23.0. The van der Waals surface area contributed by atoms with Gasteiger partial charge in [-0.1, -0.05) is 30.3 Å². The zero-order chi connectivity index (χ0) is 28.3. The molecule has 1 fully saturated rings. The van der Waals surface area contributed by atoms with Crippen LogP contribution in [-0.2, 0) is 11.2 Å². The smallest absolute Gasteiger partial charge is 0.415 e. The van der Waals surface area contributed by atoms with Crippen molar-refractivity contribution in [3.8, 4) is 11.5 Å². The van der Waals surface area contributed by atoms with Crippen LogP contribution in [-0.4, -0.2) is 41.3 Å². The van der Waals surface area contributed by atoms with Crippen LogP contribution in [0.3, 0.4) is 0 Å². The Kier molecular flexibility index (Phi) is 8.19. The Morgan fingerprint density at radius 3 is 2.15 bits per heavy atom. The van der Waals surface area contributed by atoms with E-state index in [1.807, 2.05) is 32.0 Å². The highest BCUT2D eigenvalue weighted by Crippen LogP contribution is 2.34. The van der Waals surface area contributed by atoms with E-state index in [0.717, 1.165) is 16.7 Å². The van der Waals surface area contributed by atoms with Crippen LogP contribution in [0.15, 0.2) is 66.7 Å². The van der Waals surface area contributed by atoms with Gasteiger partial charge < -0.3 is 14.4 Å². The van der Waals surface area contributed by atoms with Gasteiger partial charge >= 0.3 is 6.09 Å². The summed E-state index contributed by atoms with van der Waals surface area (Å²) in [7, 11) is 0. The van der Waals surface area contributed by atoms with Gasteiger partial charge in [-0.15, -0.1) is 0 Å². The number of para-hydroxylation sites is 1. The minimum absolute atomic E-state index is 0.0686. The third kappa shape index (κ3) is 6.53. The summed E-state index contributed by atoms with van der Waals surface area (Å²) in [6.45, 7) is 9.41. The molecule has 3 aromatic rings. The van der Waals surface area contributed by atoms with Crippen molar-refractivity contribution in [1.82, 2.24) is 4.90 Å². The number of carbonyl (C=O) groups excluding carboxylic acids is 3. The quantitative estimate of drug-likeness (QED) is 0.316. The van der Waals surface area contributed by atoms with Crippen molar-refractivity contribution in [2.75, 3.05) is 13.1 Å². The molecule has 6 nitrogen and oxygen atoms in total. The van der Waals surface area contributed by atoms with Gasteiger partial charge in [0.25, 0.3) is 0 Å². The molecule has 204 valence electrons. The summed E-state index contributed by atoms with van der Waals surface area (Å²) in [5.74, 6) is -0.173. The largest absolute Gasteiger partial charge is 0.480 e. The van der Waals surface area contributed by atoms with Crippen LogP contribution in [0, 0.1) is 31.5 Å². The van der Waals surface area contributed by atoms with Gasteiger partial charge in [0.05, 0.1) is 0 Å². The van der Waals surface area contributed by atoms with Crippen LogP contribution in [0.5, 0.6) is 11.5 Å². The number of rotatable bonds is 8. The fraction of sp³-hybridized carbons (Fsp3) is 0.344. The lowest BCUT2D eigenvalue weighted by atomic mass is 9.84. The molecule has 0 bridgehead atoms. The summed E-state index contributed by atoms with van der Waals surface area (Å²) < 4.78 is 25.1. The van der Waals surface area contributed by atoms with E-state index in [-0.39, 0.29) is 24.0 Å². The summed E-state index contributed by atoms with van der Waals surface area (Å²) in [6.07, 6.45) is 0.0355. The van der Waals surface area contributed by atoms with Crippen LogP contribution in [0.2, 0.25) is 0 Å². The molecule has 1 aliphatic heterocycles. The predicted molar refractivity (Wildman–Crippen MR) is 147 cm³/mol. The van der Waals surface area contributed by atoms with Gasteiger partial charge in [-0.2, -0.15) is 0 Å². The number of halogens is 1. The van der Waals surface area contributed by atoms with E-state index in [4.69, 9.17) is 9.47 Å². The standard InChI is InChI=1S/C32H34FNO5/c1-20-15-23(16-21(2)30(20)39-32(4,5)22(3)35)17-25-18-34(31(37)38-27-9-7-6-8-10-27)19-28(25)29(36)24-11-13-26(33)14-12-24/h6-16,25,28H,17-19H2,1-5H3/t25-,28-/m1/s1. The first kappa shape index (κ1) is 28.0. The third-order valence-corrected chi connectivity index (χ3v) is 7.34. The van der Waals surface area contributed by atoms with Crippen molar-refractivity contribution < 1.29 is 28.2 Å². The van der Waals surface area contributed by atoms with E-state index in [1.54, 1.807) is 43.0 Å². The Balaban J connectivity index is 1.58. The first-order valence-electron chi connectivity index (χ1n) is 13.1. The first-order valence-corrected chi connectivity index (χ1v) is 13.1. The monoisotopic (exact) mass is 531 g/mol. The van der Waals surface area contributed by atoms with E-state index in [9.17, 15) is 18.8 Å². The minimum atomic E-state index is -0.950. The van der Waals surface area contributed by atoms with Crippen LogP contribution in [0.4, 0.5) is 9.18 Å². The van der Waals surface area contributed by atoms with Crippen LogP contribution in [0.25, 0.3) is 0 Å². The lowest BCUT2D eigenvalue weighted by molar-refractivity contribution is -0.129. The summed E-state index contributed by atoms with van der Waals surface area (Å²) >= 11 is 0. The number of likely N-dealkylation sites (tertiary alicyclic amines) is 1. The maximum atomic E-state index is 13.5. The Morgan fingerprint density at radius 1 is 0.949 bits per heavy atom. The average molecular weight is 532 g/mol. The molecular weight excluding hydrogens is 497 g/mol. The molecule has 0 unspecified atom stereocenters. The van der Waals surface area contributed by atoms with Crippen LogP contribution < -0.4 is 9.47 Å². The molecule has 3 aromatic carbocycles. The second-order valence-corrected chi connectivity index (χ2v) is 10.8. The molecule has 1 heterocycles. The van der Waals surface area contributed by atoms with Gasteiger partial charge in [-0.05, 0) is 100 Å². The van der Waals surface area contributed by atoms with E-state index in [0.29, 0.717) is 30.0 Å². The summed E-state index contributed by atoms with van der Waals surface area (Å²) in [5, 5.41) is 0. The molecule has 1 saturated heterocycles. The Labute approximate surface area is 228 Å². The van der Waals surface area contributed by atoms with E-state index in [1.165, 1.54) is 31.2 Å². The van der Waals surface area contributed by atoms with Gasteiger partial charge in [-0.3, -0.25) is 9.59 Å². The highest BCUT2D eigenvalue weighted by Gasteiger charge is 2.40. The number of aryl methyl sites for hydroxylation is 2. The molecule has 1 aliphatic rings. The molecule has 7 heteroatoms. The number of nitrogens with zero attached hydrogens (tertiary/aromatic N) is 1. The molecule has 4 rings (SSSR count). The van der Waals surface area contributed by atoms with Crippen molar-refractivity contribution in [1.29, 1.82) is 0 Å². The number of hydrogen-bond donors (Lipinski definition) is 0. The van der Waals surface area contributed by atoms with E-state index in [2.05, 4.69) is 0 Å². The number of benzene rings is 3. The fourth-order valence-electron chi connectivity index (χ4n) is 4.95. The highest BCUT2D eigenvalue weighted by molar-refractivity contribution is 5.98. The first-order chi connectivity index (χ1) is 18.4. The minimum Gasteiger partial charge on any atom is -0.480 e. The molecule has 0 saturated carbocycles. The molecule has 39 heavy (non-hydrogen) atoms. The molecule has 0 radical (unpaired) electrons.